The Morgan fingerprint density at radius 2 is 2.17 bits per heavy atom. The van der Waals surface area contributed by atoms with E-state index in [0.717, 1.165) is 22.8 Å². The lowest BCUT2D eigenvalue weighted by atomic mass is 10.1. The zero-order valence-corrected chi connectivity index (χ0v) is 10.6. The minimum atomic E-state index is -0.766. The van der Waals surface area contributed by atoms with Crippen molar-refractivity contribution in [2.45, 2.75) is 26.7 Å². The lowest BCUT2D eigenvalue weighted by molar-refractivity contribution is -0.136. The number of carboxylic acids is 1. The van der Waals surface area contributed by atoms with Crippen molar-refractivity contribution in [3.63, 3.8) is 0 Å². The van der Waals surface area contributed by atoms with Crippen LogP contribution in [0.15, 0.2) is 30.5 Å². The Bertz CT molecular complexity index is 559. The Hall–Kier alpha value is -2.10. The molecule has 2 aromatic heterocycles. The Balaban J connectivity index is 2.35. The van der Waals surface area contributed by atoms with E-state index in [2.05, 4.69) is 9.55 Å². The molecule has 94 valence electrons. The second-order valence-electron chi connectivity index (χ2n) is 4.31. The van der Waals surface area contributed by atoms with Gasteiger partial charge in [0.1, 0.15) is 5.82 Å². The van der Waals surface area contributed by atoms with Crippen molar-refractivity contribution in [2.75, 3.05) is 0 Å². The smallest absolute Gasteiger partial charge is 0.303 e. The third-order valence-corrected chi connectivity index (χ3v) is 3.02. The van der Waals surface area contributed by atoms with Crippen LogP contribution in [-0.4, -0.2) is 20.6 Å². The number of hydrogen-bond acceptors (Lipinski definition) is 2. The van der Waals surface area contributed by atoms with Gasteiger partial charge in [0, 0.05) is 24.0 Å². The summed E-state index contributed by atoms with van der Waals surface area (Å²) < 4.78 is 2.05. The highest BCUT2D eigenvalue weighted by Crippen LogP contribution is 2.20. The molecule has 1 N–H and O–H groups in total. The van der Waals surface area contributed by atoms with Gasteiger partial charge in [0.15, 0.2) is 0 Å². The fourth-order valence-corrected chi connectivity index (χ4v) is 2.16. The largest absolute Gasteiger partial charge is 0.481 e. The van der Waals surface area contributed by atoms with Gasteiger partial charge in [-0.25, -0.2) is 4.98 Å². The molecule has 0 spiro atoms. The zero-order valence-electron chi connectivity index (χ0n) is 10.6. The van der Waals surface area contributed by atoms with Crippen LogP contribution in [0.5, 0.6) is 0 Å². The van der Waals surface area contributed by atoms with Crippen LogP contribution in [0.1, 0.15) is 23.4 Å². The molecule has 0 aromatic carbocycles. The Morgan fingerprint density at radius 1 is 1.39 bits per heavy atom. The highest BCUT2D eigenvalue weighted by molar-refractivity contribution is 5.67. The molecule has 0 saturated carbocycles. The number of rotatable bonds is 4. The lowest BCUT2D eigenvalue weighted by Gasteiger charge is -2.08. The SMILES string of the molecule is Cc1cc(CCC(=O)O)c(C)n1-c1ccccn1. The van der Waals surface area contributed by atoms with Gasteiger partial charge < -0.3 is 9.67 Å². The van der Waals surface area contributed by atoms with Crippen molar-refractivity contribution >= 4 is 5.97 Å². The van der Waals surface area contributed by atoms with Gasteiger partial charge in [0.2, 0.25) is 0 Å². The summed E-state index contributed by atoms with van der Waals surface area (Å²) in [5.41, 5.74) is 3.21. The van der Waals surface area contributed by atoms with Gasteiger partial charge in [0.05, 0.1) is 0 Å². The second-order valence-corrected chi connectivity index (χ2v) is 4.31. The normalized spacial score (nSPS) is 10.6. The van der Waals surface area contributed by atoms with Crippen molar-refractivity contribution in [1.29, 1.82) is 0 Å². The number of carbonyl (C=O) groups is 1. The molecule has 0 saturated heterocycles. The van der Waals surface area contributed by atoms with Crippen LogP contribution in [0, 0.1) is 13.8 Å². The van der Waals surface area contributed by atoms with Gasteiger partial charge >= 0.3 is 5.97 Å². The first-order chi connectivity index (χ1) is 8.59. The monoisotopic (exact) mass is 244 g/mol. The van der Waals surface area contributed by atoms with Crippen LogP contribution in [0.4, 0.5) is 0 Å². The summed E-state index contributed by atoms with van der Waals surface area (Å²) in [7, 11) is 0. The molecule has 18 heavy (non-hydrogen) atoms. The van der Waals surface area contributed by atoms with Crippen molar-refractivity contribution in [3.05, 3.63) is 47.4 Å². The van der Waals surface area contributed by atoms with E-state index < -0.39 is 5.97 Å². The van der Waals surface area contributed by atoms with E-state index in [0.29, 0.717) is 6.42 Å². The number of carboxylic acid groups (broad SMARTS) is 1. The van der Waals surface area contributed by atoms with Gasteiger partial charge in [-0.05, 0) is 44.0 Å². The summed E-state index contributed by atoms with van der Waals surface area (Å²) in [6, 6.07) is 7.80. The van der Waals surface area contributed by atoms with Crippen molar-refractivity contribution in [2.24, 2.45) is 0 Å². The first kappa shape index (κ1) is 12.4. The molecule has 0 radical (unpaired) electrons. The van der Waals surface area contributed by atoms with Crippen LogP contribution in [0.3, 0.4) is 0 Å². The van der Waals surface area contributed by atoms with E-state index in [1.165, 1.54) is 0 Å². The zero-order chi connectivity index (χ0) is 13.1. The number of aryl methyl sites for hydroxylation is 2. The van der Waals surface area contributed by atoms with E-state index in [-0.39, 0.29) is 6.42 Å². The second kappa shape index (κ2) is 5.04. The fourth-order valence-electron chi connectivity index (χ4n) is 2.16. The Labute approximate surface area is 106 Å². The van der Waals surface area contributed by atoms with Crippen LogP contribution in [0.25, 0.3) is 5.82 Å². The van der Waals surface area contributed by atoms with Crippen LogP contribution < -0.4 is 0 Å². The van der Waals surface area contributed by atoms with Crippen molar-refractivity contribution in [1.82, 2.24) is 9.55 Å². The Morgan fingerprint density at radius 3 is 2.78 bits per heavy atom. The van der Waals surface area contributed by atoms with Crippen molar-refractivity contribution in [3.8, 4) is 5.82 Å². The quantitative estimate of drug-likeness (QED) is 0.899. The van der Waals surface area contributed by atoms with E-state index in [9.17, 15) is 4.79 Å². The number of aromatic nitrogens is 2. The standard InChI is InChI=1S/C14H16N2O2/c1-10-9-12(6-7-14(17)18)11(2)16(10)13-5-3-4-8-15-13/h3-5,8-9H,6-7H2,1-2H3,(H,17,18). The first-order valence-electron chi connectivity index (χ1n) is 5.90. The van der Waals surface area contributed by atoms with Gasteiger partial charge in [0.25, 0.3) is 0 Å². The third-order valence-electron chi connectivity index (χ3n) is 3.02. The van der Waals surface area contributed by atoms with Crippen LogP contribution in [0.2, 0.25) is 0 Å². The molecule has 0 atom stereocenters. The number of hydrogen-bond donors (Lipinski definition) is 1. The van der Waals surface area contributed by atoms with Gasteiger partial charge in [-0.15, -0.1) is 0 Å². The number of aliphatic carboxylic acids is 1. The average Bonchev–Trinajstić information content (AvgIpc) is 2.63. The maximum absolute atomic E-state index is 10.6. The van der Waals surface area contributed by atoms with Crippen molar-refractivity contribution < 1.29 is 9.90 Å². The minimum absolute atomic E-state index is 0.159. The van der Waals surface area contributed by atoms with Crippen LogP contribution in [-0.2, 0) is 11.2 Å². The molecule has 2 rings (SSSR count). The Kier molecular flexibility index (Phi) is 3.46. The summed E-state index contributed by atoms with van der Waals surface area (Å²) in [6.07, 6.45) is 2.47. The third kappa shape index (κ3) is 2.42. The predicted molar refractivity (Wildman–Crippen MR) is 69.0 cm³/mol. The maximum Gasteiger partial charge on any atom is 0.303 e. The number of pyridine rings is 1. The topological polar surface area (TPSA) is 55.1 Å². The summed E-state index contributed by atoms with van der Waals surface area (Å²) in [4.78, 5) is 15.0. The molecular weight excluding hydrogens is 228 g/mol. The van der Waals surface area contributed by atoms with E-state index >= 15 is 0 Å². The summed E-state index contributed by atoms with van der Waals surface area (Å²) in [5.74, 6) is 0.103. The van der Waals surface area contributed by atoms with Crippen LogP contribution >= 0.6 is 0 Å². The molecule has 0 bridgehead atoms. The van der Waals surface area contributed by atoms with E-state index in [1.54, 1.807) is 6.20 Å². The van der Waals surface area contributed by atoms with E-state index in [4.69, 9.17) is 5.11 Å². The van der Waals surface area contributed by atoms with E-state index in [1.807, 2.05) is 38.1 Å². The molecule has 0 unspecified atom stereocenters. The summed E-state index contributed by atoms with van der Waals surface area (Å²) in [6.45, 7) is 4.00. The molecule has 0 aliphatic carbocycles. The molecule has 0 fully saturated rings. The molecule has 4 nitrogen and oxygen atoms in total. The average molecular weight is 244 g/mol. The molecule has 0 aliphatic rings. The molecule has 4 heteroatoms. The summed E-state index contributed by atoms with van der Waals surface area (Å²) in [5, 5.41) is 8.74. The minimum Gasteiger partial charge on any atom is -0.481 e. The number of nitrogens with zero attached hydrogens (tertiary/aromatic N) is 2. The highest BCUT2D eigenvalue weighted by Gasteiger charge is 2.11. The maximum atomic E-state index is 10.6. The molecule has 2 heterocycles. The molecule has 2 aromatic rings. The molecule has 0 aliphatic heterocycles. The molecule has 0 amide bonds. The summed E-state index contributed by atoms with van der Waals surface area (Å²) >= 11 is 0. The van der Waals surface area contributed by atoms with Gasteiger partial charge in [-0.3, -0.25) is 4.79 Å². The first-order valence-corrected chi connectivity index (χ1v) is 5.90. The highest BCUT2D eigenvalue weighted by atomic mass is 16.4. The predicted octanol–water partition coefficient (Wildman–Crippen LogP) is 2.51. The fraction of sp³-hybridized carbons (Fsp3) is 0.286. The molecular formula is C14H16N2O2. The lowest BCUT2D eigenvalue weighted by Crippen LogP contribution is -2.02. The van der Waals surface area contributed by atoms with Gasteiger partial charge in [-0.1, -0.05) is 6.07 Å². The van der Waals surface area contributed by atoms with Gasteiger partial charge in [-0.2, -0.15) is 0 Å².